The van der Waals surface area contributed by atoms with Crippen LogP contribution < -0.4 is 8.86 Å². The summed E-state index contributed by atoms with van der Waals surface area (Å²) < 4.78 is 83.6. The molecule has 1 N–H and O–H groups in total. The minimum absolute atomic E-state index is 0.0502. The lowest BCUT2D eigenvalue weighted by Gasteiger charge is -2.12. The molecular weight excluding hydrogens is 512 g/mol. The Labute approximate surface area is 193 Å². The van der Waals surface area contributed by atoms with Crippen LogP contribution in [0.5, 0.6) is 11.5 Å². The fraction of sp³-hybridized carbons (Fsp3) is 0.0526. The van der Waals surface area contributed by atoms with E-state index in [9.17, 15) is 36.1 Å². The molecule has 0 saturated heterocycles. The van der Waals surface area contributed by atoms with Gasteiger partial charge in [0.1, 0.15) is 22.2 Å². The maximum Gasteiger partial charge on any atom is 0.416 e. The summed E-state index contributed by atoms with van der Waals surface area (Å²) in [4.78, 5) is 10.1. The largest absolute Gasteiger partial charge is 0.456 e. The minimum Gasteiger partial charge on any atom is -0.456 e. The van der Waals surface area contributed by atoms with Gasteiger partial charge in [-0.3, -0.25) is 10.1 Å². The van der Waals surface area contributed by atoms with Crippen LogP contribution in [0.15, 0.2) is 70.5 Å². The number of hydrogen-bond acceptors (Lipinski definition) is 6. The Morgan fingerprint density at radius 1 is 1.03 bits per heavy atom. The van der Waals surface area contributed by atoms with Gasteiger partial charge in [0.2, 0.25) is 10.0 Å². The summed E-state index contributed by atoms with van der Waals surface area (Å²) in [5.41, 5.74) is -1.46. The number of nitro benzene ring substituents is 1. The molecule has 0 aliphatic rings. The van der Waals surface area contributed by atoms with E-state index in [1.165, 1.54) is 6.07 Å². The Morgan fingerprint density at radius 3 is 2.27 bits per heavy atom. The third-order valence-electron chi connectivity index (χ3n) is 4.00. The van der Waals surface area contributed by atoms with E-state index in [1.807, 2.05) is 0 Å². The first kappa shape index (κ1) is 24.8. The summed E-state index contributed by atoms with van der Waals surface area (Å²) in [5, 5.41) is 11.0. The molecular formula is C19H11ClF4N2O5S2. The zero-order valence-corrected chi connectivity index (χ0v) is 18.4. The number of benzene rings is 3. The predicted molar refractivity (Wildman–Crippen MR) is 112 cm³/mol. The van der Waals surface area contributed by atoms with Gasteiger partial charge in [-0.15, -0.1) is 4.13 Å². The van der Waals surface area contributed by atoms with Crippen molar-refractivity contribution in [1.29, 1.82) is 0 Å². The van der Waals surface area contributed by atoms with Crippen molar-refractivity contribution in [3.05, 3.63) is 87.2 Å². The van der Waals surface area contributed by atoms with E-state index in [4.69, 9.17) is 16.3 Å². The fourth-order valence-electron chi connectivity index (χ4n) is 2.44. The minimum atomic E-state index is -4.61. The summed E-state index contributed by atoms with van der Waals surface area (Å²) in [7, 11) is -4.16. The van der Waals surface area contributed by atoms with Gasteiger partial charge in [0.25, 0.3) is 5.69 Å². The Hall–Kier alpha value is -2.87. The van der Waals surface area contributed by atoms with Crippen molar-refractivity contribution >= 4 is 39.3 Å². The maximum absolute atomic E-state index is 13.0. The Kier molecular flexibility index (Phi) is 7.17. The highest BCUT2D eigenvalue weighted by molar-refractivity contribution is 8.09. The van der Waals surface area contributed by atoms with Crippen molar-refractivity contribution in [2.75, 3.05) is 0 Å². The zero-order chi connectivity index (χ0) is 24.4. The van der Waals surface area contributed by atoms with Gasteiger partial charge in [-0.1, -0.05) is 11.6 Å². The lowest BCUT2D eigenvalue weighted by atomic mass is 10.2. The van der Waals surface area contributed by atoms with E-state index in [1.54, 1.807) is 0 Å². The number of nitrogens with zero attached hydrogens (tertiary/aromatic N) is 1. The van der Waals surface area contributed by atoms with E-state index < -0.39 is 38.2 Å². The molecule has 0 heterocycles. The standard InChI is InChI=1S/C19H11ClF4N2O5S2/c20-15-9-11(19(22,23)24)1-8-17(15)31-13-4-7-16(26(27)28)18(10-13)32-25-33(29,30)14-5-2-12(21)3-6-14/h1-10,25H. The van der Waals surface area contributed by atoms with E-state index in [0.29, 0.717) is 18.0 Å². The first-order chi connectivity index (χ1) is 15.4. The Morgan fingerprint density at radius 2 is 1.70 bits per heavy atom. The van der Waals surface area contributed by atoms with E-state index >= 15 is 0 Å². The van der Waals surface area contributed by atoms with E-state index in [-0.39, 0.29) is 26.3 Å². The van der Waals surface area contributed by atoms with Crippen LogP contribution in [0.3, 0.4) is 0 Å². The highest BCUT2D eigenvalue weighted by atomic mass is 35.5. The molecule has 0 spiro atoms. The van der Waals surface area contributed by atoms with Gasteiger partial charge in [0.05, 0.1) is 20.4 Å². The first-order valence-corrected chi connectivity index (χ1v) is 11.3. The number of sulfonamides is 1. The van der Waals surface area contributed by atoms with Crippen LogP contribution in [-0.4, -0.2) is 13.3 Å². The lowest BCUT2D eigenvalue weighted by molar-refractivity contribution is -0.387. The molecule has 0 unspecified atom stereocenters. The number of ether oxygens (including phenoxy) is 1. The Balaban J connectivity index is 1.85. The number of alkyl halides is 3. The molecule has 3 aromatic rings. The van der Waals surface area contributed by atoms with E-state index in [0.717, 1.165) is 48.5 Å². The van der Waals surface area contributed by atoms with Crippen molar-refractivity contribution in [2.45, 2.75) is 16.0 Å². The molecule has 0 fully saturated rings. The third-order valence-corrected chi connectivity index (χ3v) is 6.95. The molecule has 14 heteroatoms. The van der Waals surface area contributed by atoms with Crippen LogP contribution in [-0.2, 0) is 16.2 Å². The quantitative estimate of drug-likeness (QED) is 0.172. The summed E-state index contributed by atoms with van der Waals surface area (Å²) in [6.07, 6.45) is -4.61. The average molecular weight is 523 g/mol. The molecule has 0 aliphatic carbocycles. The fourth-order valence-corrected chi connectivity index (χ4v) is 4.76. The van der Waals surface area contributed by atoms with Crippen LogP contribution in [0.4, 0.5) is 23.2 Å². The van der Waals surface area contributed by atoms with Gasteiger partial charge < -0.3 is 4.74 Å². The molecule has 3 rings (SSSR count). The van der Waals surface area contributed by atoms with E-state index in [2.05, 4.69) is 4.13 Å². The van der Waals surface area contributed by atoms with Crippen LogP contribution in [0.1, 0.15) is 5.56 Å². The molecule has 7 nitrogen and oxygen atoms in total. The second-order valence-electron chi connectivity index (χ2n) is 6.27. The highest BCUT2D eigenvalue weighted by Crippen LogP contribution is 2.38. The molecule has 0 aromatic heterocycles. The van der Waals surface area contributed by atoms with Crippen molar-refractivity contribution in [3.63, 3.8) is 0 Å². The third kappa shape index (κ3) is 6.13. The van der Waals surface area contributed by atoms with Gasteiger partial charge in [-0.05, 0) is 60.5 Å². The van der Waals surface area contributed by atoms with Gasteiger partial charge in [-0.2, -0.15) is 13.2 Å². The number of nitro groups is 1. The van der Waals surface area contributed by atoms with Crippen LogP contribution in [0, 0.1) is 15.9 Å². The molecule has 33 heavy (non-hydrogen) atoms. The zero-order valence-electron chi connectivity index (χ0n) is 16.0. The summed E-state index contributed by atoms with van der Waals surface area (Å²) in [6.45, 7) is 0. The number of hydrogen-bond donors (Lipinski definition) is 1. The van der Waals surface area contributed by atoms with Gasteiger partial charge in [-0.25, -0.2) is 12.8 Å². The number of rotatable bonds is 7. The SMILES string of the molecule is O=[N+]([O-])c1ccc(Oc2ccc(C(F)(F)F)cc2Cl)cc1SNS(=O)(=O)c1ccc(F)cc1. The summed E-state index contributed by atoms with van der Waals surface area (Å²) >= 11 is 6.23. The first-order valence-electron chi connectivity index (χ1n) is 8.64. The molecule has 3 aromatic carbocycles. The molecule has 174 valence electrons. The topological polar surface area (TPSA) is 98.5 Å². The van der Waals surface area contributed by atoms with Crippen molar-refractivity contribution in [3.8, 4) is 11.5 Å². The number of halogens is 5. The van der Waals surface area contributed by atoms with Crippen LogP contribution >= 0.6 is 23.5 Å². The van der Waals surface area contributed by atoms with Gasteiger partial charge in [0, 0.05) is 12.1 Å². The summed E-state index contributed by atoms with van der Waals surface area (Å²) in [6, 6.07) is 9.60. The monoisotopic (exact) mass is 522 g/mol. The number of nitrogens with one attached hydrogen (secondary N) is 1. The molecule has 0 atom stereocenters. The average Bonchev–Trinajstić information content (AvgIpc) is 2.73. The maximum atomic E-state index is 13.0. The van der Waals surface area contributed by atoms with Crippen molar-refractivity contribution < 1.29 is 35.6 Å². The predicted octanol–water partition coefficient (Wildman–Crippen LogP) is 6.18. The van der Waals surface area contributed by atoms with Crippen LogP contribution in [0.2, 0.25) is 5.02 Å². The van der Waals surface area contributed by atoms with Gasteiger partial charge >= 0.3 is 6.18 Å². The molecule has 0 saturated carbocycles. The van der Waals surface area contributed by atoms with Crippen LogP contribution in [0.25, 0.3) is 0 Å². The molecule has 0 amide bonds. The second kappa shape index (κ2) is 9.55. The van der Waals surface area contributed by atoms with Crippen molar-refractivity contribution in [2.24, 2.45) is 0 Å². The normalized spacial score (nSPS) is 11.9. The molecule has 0 bridgehead atoms. The second-order valence-corrected chi connectivity index (χ2v) is 9.47. The molecule has 0 aliphatic heterocycles. The highest BCUT2D eigenvalue weighted by Gasteiger charge is 2.31. The van der Waals surface area contributed by atoms with Crippen molar-refractivity contribution in [1.82, 2.24) is 4.13 Å². The Bertz CT molecular complexity index is 1300. The smallest absolute Gasteiger partial charge is 0.416 e. The lowest BCUT2D eigenvalue weighted by Crippen LogP contribution is -2.16. The van der Waals surface area contributed by atoms with Gasteiger partial charge in [0.15, 0.2) is 0 Å². The summed E-state index contributed by atoms with van der Waals surface area (Å²) in [5.74, 6) is -0.851. The molecule has 0 radical (unpaired) electrons.